The van der Waals surface area contributed by atoms with Crippen LogP contribution in [0, 0.1) is 23.7 Å². The Kier molecular flexibility index (Phi) is 4.87. The van der Waals surface area contributed by atoms with Crippen molar-refractivity contribution in [2.45, 2.75) is 51.8 Å². The van der Waals surface area contributed by atoms with Crippen LogP contribution in [0.5, 0.6) is 0 Å². The number of hydrogen-bond acceptors (Lipinski definition) is 4. The van der Waals surface area contributed by atoms with Gasteiger partial charge in [0.15, 0.2) is 0 Å². The van der Waals surface area contributed by atoms with Crippen molar-refractivity contribution in [3.8, 4) is 23.7 Å². The number of amides is 2. The summed E-state index contributed by atoms with van der Waals surface area (Å²) in [6.45, 7) is 4.56. The number of hydrogen-bond donors (Lipinski definition) is 1. The van der Waals surface area contributed by atoms with Crippen LogP contribution < -0.4 is 5.32 Å². The second kappa shape index (κ2) is 8.77. The number of alkyl carbamates (subject to hydrolysis) is 1. The van der Waals surface area contributed by atoms with Crippen LogP contribution in [0.3, 0.4) is 0 Å². The Labute approximate surface area is 215 Å². The van der Waals surface area contributed by atoms with Crippen LogP contribution in [0.1, 0.15) is 83.2 Å². The first-order valence-corrected chi connectivity index (χ1v) is 11.8. The maximum absolute atomic E-state index is 13.6. The minimum atomic E-state index is -2.65. The average molecular weight is 484 g/mol. The monoisotopic (exact) mass is 483 g/mol. The second-order valence-electron chi connectivity index (χ2n) is 9.78. The molecule has 36 heavy (non-hydrogen) atoms. The second-order valence-corrected chi connectivity index (χ2v) is 9.78. The summed E-state index contributed by atoms with van der Waals surface area (Å²) >= 11 is 0. The molecule has 7 heteroatoms. The van der Waals surface area contributed by atoms with Gasteiger partial charge in [-0.1, -0.05) is 23.8 Å². The van der Waals surface area contributed by atoms with Crippen LogP contribution in [0.25, 0.3) is 11.0 Å². The Hall–Kier alpha value is -4.23. The van der Waals surface area contributed by atoms with Crippen LogP contribution in [0.15, 0.2) is 36.4 Å². The van der Waals surface area contributed by atoms with E-state index in [1.165, 1.54) is 0 Å². The van der Waals surface area contributed by atoms with E-state index in [0.29, 0.717) is 40.0 Å². The van der Waals surface area contributed by atoms with Crippen LogP contribution >= 0.6 is 0 Å². The number of fused-ring (bicyclic) bond motifs is 9. The molecule has 0 aliphatic carbocycles. The van der Waals surface area contributed by atoms with Crippen molar-refractivity contribution in [1.29, 1.82) is 0 Å². The first-order chi connectivity index (χ1) is 18.4. The number of aromatic nitrogens is 2. The van der Waals surface area contributed by atoms with Crippen molar-refractivity contribution in [2.24, 2.45) is 0 Å². The summed E-state index contributed by atoms with van der Waals surface area (Å²) in [6.07, 6.45) is -0.157. The summed E-state index contributed by atoms with van der Waals surface area (Å²) in [7, 11) is 0. The van der Waals surface area contributed by atoms with E-state index >= 15 is 0 Å². The third-order valence-corrected chi connectivity index (χ3v) is 6.19. The normalized spacial score (nSPS) is 19.4. The number of carbonyl (C=O) groups excluding carboxylic acids is 2. The van der Waals surface area contributed by atoms with Crippen molar-refractivity contribution in [3.05, 3.63) is 64.5 Å². The number of ether oxygens (including phenoxy) is 1. The molecule has 5 rings (SSSR count). The fourth-order valence-corrected chi connectivity index (χ4v) is 4.84. The summed E-state index contributed by atoms with van der Waals surface area (Å²) < 4.78 is 31.8. The summed E-state index contributed by atoms with van der Waals surface area (Å²) in [4.78, 5) is 31.2. The lowest BCUT2D eigenvalue weighted by Crippen LogP contribution is -2.32. The number of rotatable bonds is 1. The zero-order valence-corrected chi connectivity index (χ0v) is 20.6. The number of nitrogens with one attached hydrogen (secondary N) is 1. The summed E-state index contributed by atoms with van der Waals surface area (Å²) in [5, 5.41) is 2.62. The van der Waals surface area contributed by atoms with Crippen LogP contribution in [0.4, 0.5) is 4.79 Å². The molecule has 3 heterocycles. The van der Waals surface area contributed by atoms with Crippen molar-refractivity contribution < 1.29 is 18.4 Å². The topological polar surface area (TPSA) is 76.5 Å². The third kappa shape index (κ3) is 4.07. The SMILES string of the molecule is [2H]C([2H])([2H])N1C(=O)c2cccc(C#CC)c2[C@H]2C[C@@H]1c1nc3ccc(C#CCNC(=O)OC(C)(C)C)cc3n12. The van der Waals surface area contributed by atoms with Crippen molar-refractivity contribution in [2.75, 3.05) is 13.5 Å². The smallest absolute Gasteiger partial charge is 0.408 e. The van der Waals surface area contributed by atoms with E-state index in [-0.39, 0.29) is 12.6 Å². The minimum absolute atomic E-state index is 0.115. The van der Waals surface area contributed by atoms with Gasteiger partial charge in [-0.15, -0.1) is 5.92 Å². The van der Waals surface area contributed by atoms with Crippen molar-refractivity contribution in [1.82, 2.24) is 19.8 Å². The molecule has 1 N–H and O–H groups in total. The number of carbonyl (C=O) groups is 2. The highest BCUT2D eigenvalue weighted by atomic mass is 16.6. The summed E-state index contributed by atoms with van der Waals surface area (Å²) in [6, 6.07) is 9.78. The van der Waals surface area contributed by atoms with Gasteiger partial charge in [0.05, 0.1) is 29.7 Å². The van der Waals surface area contributed by atoms with Crippen molar-refractivity contribution >= 4 is 23.0 Å². The molecule has 2 aliphatic rings. The Morgan fingerprint density at radius 2 is 2.08 bits per heavy atom. The van der Waals surface area contributed by atoms with Crippen LogP contribution in [-0.2, 0) is 4.74 Å². The lowest BCUT2D eigenvalue weighted by atomic mass is 9.93. The van der Waals surface area contributed by atoms with Gasteiger partial charge in [-0.05, 0) is 58.0 Å². The molecule has 1 aromatic heterocycles. The van der Waals surface area contributed by atoms with Gasteiger partial charge in [0.1, 0.15) is 11.4 Å². The van der Waals surface area contributed by atoms with E-state index in [1.807, 2.05) is 28.8 Å². The first kappa shape index (κ1) is 20.0. The standard InChI is InChI=1S/C29H28N4O3/c1-6-9-19-11-7-12-20-25(19)23-17-24(32(5)27(20)34)26-31-21-14-13-18(16-22(21)33(23)26)10-8-15-30-28(35)36-29(2,3)4/h7,11-14,16,23-24H,15,17H2,1-5H3,(H,30,35)/t23-,24-/m1/s1/i5D3. The Morgan fingerprint density at radius 1 is 1.25 bits per heavy atom. The summed E-state index contributed by atoms with van der Waals surface area (Å²) in [5.74, 6) is 12.0. The number of nitrogens with zero attached hydrogens (tertiary/aromatic N) is 3. The molecule has 0 radical (unpaired) electrons. The van der Waals surface area contributed by atoms with Crippen LogP contribution in [0.2, 0.25) is 0 Å². The van der Waals surface area contributed by atoms with Crippen molar-refractivity contribution in [3.63, 3.8) is 0 Å². The predicted molar refractivity (Wildman–Crippen MR) is 137 cm³/mol. The fourth-order valence-electron chi connectivity index (χ4n) is 4.84. The van der Waals surface area contributed by atoms with Gasteiger partial charge in [0.2, 0.25) is 0 Å². The molecular formula is C29H28N4O3. The first-order valence-electron chi connectivity index (χ1n) is 13.3. The fraction of sp³-hybridized carbons (Fsp3) is 0.345. The Morgan fingerprint density at radius 3 is 2.83 bits per heavy atom. The maximum Gasteiger partial charge on any atom is 0.408 e. The molecule has 0 unspecified atom stereocenters. The van der Waals surface area contributed by atoms with Gasteiger partial charge in [-0.2, -0.15) is 0 Å². The number of benzene rings is 2. The van der Waals surface area contributed by atoms with Gasteiger partial charge in [-0.3, -0.25) is 4.79 Å². The molecule has 2 aliphatic heterocycles. The quantitative estimate of drug-likeness (QED) is 0.521. The zero-order valence-electron chi connectivity index (χ0n) is 23.6. The number of imidazole rings is 1. The molecule has 0 saturated carbocycles. The summed E-state index contributed by atoms with van der Waals surface area (Å²) in [5.41, 5.74) is 3.33. The molecule has 2 aromatic carbocycles. The Bertz CT molecular complexity index is 1630. The van der Waals surface area contributed by atoms with E-state index in [9.17, 15) is 9.59 Å². The minimum Gasteiger partial charge on any atom is -0.444 e. The van der Waals surface area contributed by atoms with Gasteiger partial charge < -0.3 is 19.5 Å². The van der Waals surface area contributed by atoms with Gasteiger partial charge in [-0.25, -0.2) is 9.78 Å². The van der Waals surface area contributed by atoms with E-state index in [4.69, 9.17) is 13.8 Å². The van der Waals surface area contributed by atoms with E-state index in [0.717, 1.165) is 10.4 Å². The average Bonchev–Trinajstić information content (AvgIpc) is 3.33. The maximum atomic E-state index is 13.6. The Balaban J connectivity index is 1.58. The molecule has 2 bridgehead atoms. The van der Waals surface area contributed by atoms with E-state index < -0.39 is 30.6 Å². The largest absolute Gasteiger partial charge is 0.444 e. The predicted octanol–water partition coefficient (Wildman–Crippen LogP) is 4.40. The zero-order chi connectivity index (χ0) is 28.1. The highest BCUT2D eigenvalue weighted by Crippen LogP contribution is 2.48. The van der Waals surface area contributed by atoms with Gasteiger partial charge in [0, 0.05) is 39.8 Å². The lowest BCUT2D eigenvalue weighted by molar-refractivity contribution is 0.0534. The van der Waals surface area contributed by atoms with E-state index in [1.54, 1.807) is 39.8 Å². The molecule has 7 nitrogen and oxygen atoms in total. The third-order valence-electron chi connectivity index (χ3n) is 6.19. The molecule has 3 aromatic rings. The molecule has 0 fully saturated rings. The van der Waals surface area contributed by atoms with E-state index in [2.05, 4.69) is 29.0 Å². The van der Waals surface area contributed by atoms with Gasteiger partial charge in [0.25, 0.3) is 5.91 Å². The molecule has 0 saturated heterocycles. The van der Waals surface area contributed by atoms with Gasteiger partial charge >= 0.3 is 6.09 Å². The lowest BCUT2D eigenvalue weighted by Gasteiger charge is -2.24. The molecule has 2 atom stereocenters. The molecule has 2 amide bonds. The highest BCUT2D eigenvalue weighted by molar-refractivity contribution is 5.97. The molecule has 182 valence electrons. The molecular weight excluding hydrogens is 452 g/mol. The molecule has 0 spiro atoms. The highest BCUT2D eigenvalue weighted by Gasteiger charge is 2.44. The van der Waals surface area contributed by atoms with Crippen LogP contribution in [-0.4, -0.2) is 45.6 Å².